The number of thiophene rings is 3. The monoisotopic (exact) mass is 2000 g/mol. The number of primary sulfonamides is 1. The van der Waals surface area contributed by atoms with Crippen LogP contribution in [-0.2, 0) is 56.2 Å². The van der Waals surface area contributed by atoms with E-state index in [9.17, 15) is 50.7 Å². The lowest BCUT2D eigenvalue weighted by atomic mass is 9.89. The van der Waals surface area contributed by atoms with Gasteiger partial charge in [0.2, 0.25) is 10.0 Å². The number of nitrogens with zero attached hydrogens (tertiary/aromatic N) is 14. The van der Waals surface area contributed by atoms with Crippen LogP contribution in [-0.4, -0.2) is 267 Å². The van der Waals surface area contributed by atoms with Gasteiger partial charge < -0.3 is 58.8 Å². The third-order valence-corrected chi connectivity index (χ3v) is 28.6. The molecule has 3 saturated heterocycles. The highest BCUT2D eigenvalue weighted by Crippen LogP contribution is 2.31. The molecule has 12 heterocycles. The van der Waals surface area contributed by atoms with E-state index in [1.54, 1.807) is 84.2 Å². The van der Waals surface area contributed by atoms with Crippen LogP contribution in [0.25, 0.3) is 0 Å². The SMILES string of the molecule is CCN(CCS(N)(=O)=O)C(=O)c1cnc(C)s1.CCn1c(C)cnc1C(=O)N1CCS(=O)(=O)CC1.CNc1ccc(C)cc1.COC1CN(C(=O)c2cc(Br)c(C)s2)CC1OC.COC1CN(C(=O)c2ccc(C)s2)CC1O.Cc1cc(C(C)(C)C)sn1.Cc1ccc(C(=O)N(C)CC(=O)O)s1.Cc1ccc(Cl)nn1.Cc1csc(C)n1.Cc1ncc(C(C)(C)C)cn1. The topological polar surface area (TPSA) is 401 Å². The smallest absolute Gasteiger partial charge is 0.323 e. The number of anilines is 1. The minimum Gasteiger partial charge on any atom is -0.480 e. The van der Waals surface area contributed by atoms with Crippen molar-refractivity contribution in [2.75, 3.05) is 117 Å². The number of aliphatic hydroxyl groups is 1. The molecule has 128 heavy (non-hydrogen) atoms. The van der Waals surface area contributed by atoms with Gasteiger partial charge in [-0.05, 0) is 195 Å². The summed E-state index contributed by atoms with van der Waals surface area (Å²) < 4.78 is 67.2. The number of carbonyl (C=O) groups excluding carboxylic acids is 5. The number of carbonyl (C=O) groups is 6. The summed E-state index contributed by atoms with van der Waals surface area (Å²) in [4.78, 5) is 106. The number of likely N-dealkylation sites (N-methyl/N-ethyl adjacent to an activating group) is 1. The van der Waals surface area contributed by atoms with Crippen LogP contribution in [0.2, 0.25) is 5.15 Å². The maximum Gasteiger partial charge on any atom is 0.323 e. The minimum absolute atomic E-state index is 0.0169. The van der Waals surface area contributed by atoms with Crippen molar-refractivity contribution in [3.63, 3.8) is 0 Å². The van der Waals surface area contributed by atoms with Crippen LogP contribution in [0, 0.1) is 76.2 Å². The largest absolute Gasteiger partial charge is 0.480 e. The van der Waals surface area contributed by atoms with Gasteiger partial charge in [0, 0.05) is 159 Å². The molecule has 0 spiro atoms. The predicted octanol–water partition coefficient (Wildman–Crippen LogP) is 14.8. The molecule has 4 unspecified atom stereocenters. The van der Waals surface area contributed by atoms with E-state index in [-0.39, 0.29) is 102 Å². The first-order valence-corrected chi connectivity index (χ1v) is 50.3. The molecule has 1 aromatic carbocycles. The average molecular weight is 2010 g/mol. The summed E-state index contributed by atoms with van der Waals surface area (Å²) in [6, 6.07) is 23.2. The maximum atomic E-state index is 12.3. The van der Waals surface area contributed by atoms with Crippen LogP contribution in [0.4, 0.5) is 5.69 Å². The third kappa shape index (κ3) is 39.4. The van der Waals surface area contributed by atoms with Crippen LogP contribution in [0.5, 0.6) is 0 Å². The molecule has 0 bridgehead atoms. The first kappa shape index (κ1) is 112. The van der Waals surface area contributed by atoms with Crippen molar-refractivity contribution in [3.05, 3.63) is 207 Å². The number of methoxy groups -OCH3 is 3. The number of halogens is 2. The number of hydrogen-bond donors (Lipinski definition) is 4. The van der Waals surface area contributed by atoms with Gasteiger partial charge in [-0.25, -0.2) is 46.9 Å². The second-order valence-corrected chi connectivity index (χ2v) is 43.8. The van der Waals surface area contributed by atoms with E-state index in [0.29, 0.717) is 60.0 Å². The number of aliphatic hydroxyl groups excluding tert-OH is 1. The molecule has 31 nitrogen and oxygen atoms in total. The van der Waals surface area contributed by atoms with Crippen molar-refractivity contribution in [3.8, 4) is 0 Å². The highest BCUT2D eigenvalue weighted by molar-refractivity contribution is 9.10. The first-order valence-electron chi connectivity index (χ1n) is 40.6. The van der Waals surface area contributed by atoms with E-state index < -0.39 is 31.9 Å². The predicted molar refractivity (Wildman–Crippen MR) is 518 cm³/mol. The van der Waals surface area contributed by atoms with Crippen molar-refractivity contribution in [1.82, 2.24) is 68.6 Å². The third-order valence-electron chi connectivity index (χ3n) is 18.8. The van der Waals surface area contributed by atoms with Gasteiger partial charge in [0.05, 0.1) is 65.6 Å². The van der Waals surface area contributed by atoms with Gasteiger partial charge in [-0.1, -0.05) is 70.8 Å². The molecule has 0 aliphatic carbocycles. The number of benzene rings is 1. The quantitative estimate of drug-likeness (QED) is 0.0698. The minimum atomic E-state index is -3.55. The number of aliphatic carboxylic acids is 1. The Hall–Kier alpha value is -8.33. The fourth-order valence-corrected chi connectivity index (χ4v) is 18.5. The zero-order chi connectivity index (χ0) is 96.3. The fraction of sp³-hybridized carbons (Fsp3) is 0.494. The van der Waals surface area contributed by atoms with E-state index in [2.05, 4.69) is 145 Å². The lowest BCUT2D eigenvalue weighted by Gasteiger charge is -2.26. The van der Waals surface area contributed by atoms with Crippen molar-refractivity contribution >= 4 is 157 Å². The number of aromatic nitrogens is 9. The Kier molecular flexibility index (Phi) is 47.1. The average Bonchev–Trinajstić information content (AvgIpc) is 1.65. The number of imidazole rings is 1. The fourth-order valence-electron chi connectivity index (χ4n) is 11.4. The van der Waals surface area contributed by atoms with Crippen LogP contribution >= 0.6 is 95.7 Å². The Morgan fingerprint density at radius 2 is 1.20 bits per heavy atom. The summed E-state index contributed by atoms with van der Waals surface area (Å²) in [6.07, 6.45) is 6.04. The summed E-state index contributed by atoms with van der Waals surface area (Å²) in [5, 5.41) is 37.8. The summed E-state index contributed by atoms with van der Waals surface area (Å²) in [7, 11) is 1.74. The standard InChI is InChI=1S/C12H16BrNO3S.C11H17N3O3S.C11H15NO3S.C9H15N3O3S2.C9H14N2.C9H11NO3S.C8H13NS.C8H11N.C5H5ClN2.C5H7NS/c1-7-8(13)4-11(18-7)12(15)14-5-9(16-2)10(6-14)17-3;1-3-14-9(2)8-12-10(14)11(15)13-4-6-18(16,17)7-5-13;1-7-3-4-10(16-7)11(14)12-5-8(13)9(6-12)15-2;1-3-12(4-5-17(10,14)15)9(13)8-6-11-7(2)16-8;1-7-10-5-8(6-11-7)9(2,3)4;1-6-3-4-7(14-6)9(13)10(2)5-8(11)12;1-6-5-7(10-9-6)8(2,3)4;1-7-3-5-8(9-2)6-4-7;1-4-2-3-5(6)8-7-4;1-4-3-7-5(2)6-4/h4,9-10H,5-6H2,1-3H3;8H,3-7H2,1-2H3;3-4,8-9,13H,5-6H2,1-2H3;6H,3-5H2,1-2H3,(H2,10,14,15);5-6H,1-4H3;3-4H,5H2,1-2H3,(H,11,12);5H,1-4H3;3-6,9H,1-2H3;2-3H,1H3;3H,1-2H3. The highest BCUT2D eigenvalue weighted by Gasteiger charge is 2.38. The van der Waals surface area contributed by atoms with Crippen LogP contribution in [0.3, 0.4) is 0 Å². The van der Waals surface area contributed by atoms with Crippen LogP contribution in [0.1, 0.15) is 174 Å². The summed E-state index contributed by atoms with van der Waals surface area (Å²) in [6.45, 7) is 41.7. The van der Waals surface area contributed by atoms with Gasteiger partial charge in [0.25, 0.3) is 29.5 Å². The van der Waals surface area contributed by atoms with Crippen molar-refractivity contribution in [2.24, 2.45) is 5.14 Å². The molecule has 704 valence electrons. The number of β-amino-alcohol motifs (C(OH)–C–C–N with tert-alkyl or cyclic N) is 1. The summed E-state index contributed by atoms with van der Waals surface area (Å²) >= 11 is 17.8. The number of nitrogens with one attached hydrogen (secondary N) is 1. The number of sulfonamides is 1. The molecule has 3 aliphatic rings. The zero-order valence-corrected chi connectivity index (χ0v) is 86.3. The lowest BCUT2D eigenvalue weighted by molar-refractivity contribution is -0.137. The Morgan fingerprint density at radius 1 is 0.641 bits per heavy atom. The molecule has 4 atom stereocenters. The summed E-state index contributed by atoms with van der Waals surface area (Å²) in [5.41, 5.74) is 8.16. The van der Waals surface area contributed by atoms with E-state index in [0.717, 1.165) is 67.5 Å². The number of carboxylic acid groups (broad SMARTS) is 1. The van der Waals surface area contributed by atoms with E-state index >= 15 is 0 Å². The lowest BCUT2D eigenvalue weighted by Crippen LogP contribution is -2.44. The van der Waals surface area contributed by atoms with Crippen molar-refractivity contribution < 1.29 is 70.0 Å². The Bertz CT molecular complexity index is 5270. The molecule has 5 N–H and O–H groups in total. The molecule has 10 aromatic rings. The number of amides is 5. The molecule has 9 aromatic heterocycles. The van der Waals surface area contributed by atoms with Crippen LogP contribution in [0.15, 0.2) is 107 Å². The number of nitrogens with two attached hydrogens (primary N) is 1. The van der Waals surface area contributed by atoms with Crippen molar-refractivity contribution in [1.29, 1.82) is 0 Å². The number of sulfone groups is 1. The van der Waals surface area contributed by atoms with Gasteiger partial charge in [0.15, 0.2) is 20.8 Å². The second kappa shape index (κ2) is 53.9. The van der Waals surface area contributed by atoms with E-state index in [1.807, 2.05) is 131 Å². The molecule has 5 amide bonds. The maximum absolute atomic E-state index is 12.3. The Labute approximate surface area is 791 Å². The number of ether oxygens (including phenoxy) is 3. The number of likely N-dealkylation sites (tertiary alicyclic amines) is 2. The number of rotatable bonds is 16. The normalized spacial score (nSPS) is 15.4. The zero-order valence-electron chi connectivity index (χ0n) is 77.4. The van der Waals surface area contributed by atoms with Gasteiger partial charge in [-0.2, -0.15) is 9.47 Å². The number of carboxylic acids is 1. The number of hydrogen-bond acceptors (Lipinski definition) is 29. The molecule has 0 radical (unpaired) electrons. The van der Waals surface area contributed by atoms with E-state index in [1.165, 1.54) is 90.1 Å². The molecular formula is C87H124BrClN16O15S8. The second-order valence-electron chi connectivity index (χ2n) is 31.6. The summed E-state index contributed by atoms with van der Waals surface area (Å²) in [5.74, 6) is -0.514. The highest BCUT2D eigenvalue weighted by atomic mass is 79.9. The molecule has 3 fully saturated rings. The molecule has 41 heteroatoms. The number of aryl methyl sites for hydroxylation is 11. The van der Waals surface area contributed by atoms with E-state index in [4.69, 9.17) is 36.1 Å². The molecule has 3 aliphatic heterocycles. The van der Waals surface area contributed by atoms with Gasteiger partial charge in [-0.3, -0.25) is 28.8 Å². The Balaban J connectivity index is 0.000000302. The Morgan fingerprint density at radius 3 is 1.60 bits per heavy atom. The van der Waals surface area contributed by atoms with Crippen LogP contribution < -0.4 is 10.5 Å². The van der Waals surface area contributed by atoms with Gasteiger partial charge >= 0.3 is 5.97 Å². The van der Waals surface area contributed by atoms with Gasteiger partial charge in [-0.15, -0.1) is 61.8 Å². The number of thiazole rings is 2. The van der Waals surface area contributed by atoms with Gasteiger partial charge in [0.1, 0.15) is 35.6 Å². The molecule has 13 rings (SSSR count). The van der Waals surface area contributed by atoms with Crippen molar-refractivity contribution in [2.45, 2.75) is 173 Å². The first-order chi connectivity index (χ1) is 59.9. The molecular weight excluding hydrogens is 1880 g/mol. The molecule has 0 saturated carbocycles.